The number of aromatic nitrogens is 4. The van der Waals surface area contributed by atoms with Crippen molar-refractivity contribution in [2.24, 2.45) is 0 Å². The van der Waals surface area contributed by atoms with Crippen molar-refractivity contribution < 1.29 is 0 Å². The molecule has 3 heterocycles. The third-order valence-corrected chi connectivity index (χ3v) is 3.56. The van der Waals surface area contributed by atoms with Gasteiger partial charge in [-0.05, 0) is 51.7 Å². The van der Waals surface area contributed by atoms with Crippen molar-refractivity contribution in [1.82, 2.24) is 24.8 Å². The zero-order valence-corrected chi connectivity index (χ0v) is 12.9. The summed E-state index contributed by atoms with van der Waals surface area (Å²) in [6, 6.07) is 5.96. The molecule has 0 radical (unpaired) electrons. The molecule has 0 aliphatic carbocycles. The maximum atomic E-state index is 5.88. The number of H-pyrrole nitrogens is 1. The standard InChI is InChI=1S/C16H20N6/c1-22(2)8-4-5-11-9-14(21-16(17)20-11)13-10-19-15-12(13)6-3-7-18-15/h3,6-7,9-10H,4-5,8H2,1-2H3,(H,18,19)(H2,17,20,21). The Balaban J connectivity index is 1.92. The number of aryl methyl sites for hydroxylation is 1. The summed E-state index contributed by atoms with van der Waals surface area (Å²) >= 11 is 0. The van der Waals surface area contributed by atoms with E-state index in [-0.39, 0.29) is 0 Å². The summed E-state index contributed by atoms with van der Waals surface area (Å²) < 4.78 is 0. The Labute approximate surface area is 129 Å². The van der Waals surface area contributed by atoms with E-state index in [4.69, 9.17) is 5.73 Å². The van der Waals surface area contributed by atoms with Crippen molar-refractivity contribution in [1.29, 1.82) is 0 Å². The van der Waals surface area contributed by atoms with E-state index in [1.807, 2.05) is 24.4 Å². The van der Waals surface area contributed by atoms with Gasteiger partial charge in [-0.25, -0.2) is 15.0 Å². The lowest BCUT2D eigenvalue weighted by atomic mass is 10.1. The third kappa shape index (κ3) is 3.07. The van der Waals surface area contributed by atoms with E-state index in [9.17, 15) is 0 Å². The fraction of sp³-hybridized carbons (Fsp3) is 0.312. The molecule has 0 aliphatic heterocycles. The number of pyridine rings is 1. The molecule has 3 aromatic rings. The fourth-order valence-corrected chi connectivity index (χ4v) is 2.53. The van der Waals surface area contributed by atoms with Crippen LogP contribution in [-0.4, -0.2) is 45.5 Å². The number of hydrogen-bond acceptors (Lipinski definition) is 5. The number of aromatic amines is 1. The van der Waals surface area contributed by atoms with Gasteiger partial charge >= 0.3 is 0 Å². The average molecular weight is 296 g/mol. The predicted octanol–water partition coefficient (Wildman–Crippen LogP) is 2.10. The molecular weight excluding hydrogens is 276 g/mol. The Morgan fingerprint density at radius 3 is 2.95 bits per heavy atom. The number of rotatable bonds is 5. The summed E-state index contributed by atoms with van der Waals surface area (Å²) in [5.74, 6) is 0.315. The predicted molar refractivity (Wildman–Crippen MR) is 88.4 cm³/mol. The third-order valence-electron chi connectivity index (χ3n) is 3.56. The highest BCUT2D eigenvalue weighted by molar-refractivity contribution is 5.92. The SMILES string of the molecule is CN(C)CCCc1cc(-c2c[nH]c3ncccc23)nc(N)n1. The molecule has 0 saturated heterocycles. The van der Waals surface area contributed by atoms with E-state index in [0.717, 1.165) is 47.4 Å². The molecule has 0 spiro atoms. The van der Waals surface area contributed by atoms with E-state index in [1.54, 1.807) is 6.20 Å². The number of nitrogens with zero attached hydrogens (tertiary/aromatic N) is 4. The van der Waals surface area contributed by atoms with Gasteiger partial charge in [0.1, 0.15) is 5.65 Å². The summed E-state index contributed by atoms with van der Waals surface area (Å²) in [5.41, 5.74) is 9.55. The average Bonchev–Trinajstić information content (AvgIpc) is 2.90. The molecule has 6 nitrogen and oxygen atoms in total. The molecule has 0 unspecified atom stereocenters. The molecule has 0 amide bonds. The Kier molecular flexibility index (Phi) is 4.02. The number of nitrogen functional groups attached to an aromatic ring is 1. The minimum Gasteiger partial charge on any atom is -0.368 e. The van der Waals surface area contributed by atoms with Crippen molar-refractivity contribution in [3.05, 3.63) is 36.3 Å². The molecule has 0 aromatic carbocycles. The van der Waals surface area contributed by atoms with Crippen LogP contribution in [0.25, 0.3) is 22.3 Å². The second-order valence-electron chi connectivity index (χ2n) is 5.61. The van der Waals surface area contributed by atoms with E-state index in [1.165, 1.54) is 0 Å². The second-order valence-corrected chi connectivity index (χ2v) is 5.61. The minimum atomic E-state index is 0.315. The van der Waals surface area contributed by atoms with Gasteiger partial charge in [-0.15, -0.1) is 0 Å². The van der Waals surface area contributed by atoms with Gasteiger partial charge in [0, 0.05) is 29.0 Å². The van der Waals surface area contributed by atoms with Crippen LogP contribution in [0.4, 0.5) is 5.95 Å². The molecular formula is C16H20N6. The normalized spacial score (nSPS) is 11.4. The molecule has 3 rings (SSSR count). The van der Waals surface area contributed by atoms with Crippen LogP contribution in [0, 0.1) is 0 Å². The highest BCUT2D eigenvalue weighted by atomic mass is 15.0. The van der Waals surface area contributed by atoms with Gasteiger partial charge in [-0.2, -0.15) is 0 Å². The Morgan fingerprint density at radius 2 is 2.14 bits per heavy atom. The lowest BCUT2D eigenvalue weighted by Gasteiger charge is -2.09. The van der Waals surface area contributed by atoms with Gasteiger partial charge < -0.3 is 15.6 Å². The summed E-state index contributed by atoms with van der Waals surface area (Å²) in [7, 11) is 4.14. The fourth-order valence-electron chi connectivity index (χ4n) is 2.53. The summed E-state index contributed by atoms with van der Waals surface area (Å²) in [4.78, 5) is 18.4. The monoisotopic (exact) mass is 296 g/mol. The first-order valence-corrected chi connectivity index (χ1v) is 7.34. The zero-order chi connectivity index (χ0) is 15.5. The lowest BCUT2D eigenvalue weighted by molar-refractivity contribution is 0.399. The second kappa shape index (κ2) is 6.11. The molecule has 0 saturated carbocycles. The zero-order valence-electron chi connectivity index (χ0n) is 12.9. The van der Waals surface area contributed by atoms with Crippen LogP contribution in [0.2, 0.25) is 0 Å². The first kappa shape index (κ1) is 14.5. The highest BCUT2D eigenvalue weighted by Gasteiger charge is 2.10. The number of nitrogens with one attached hydrogen (secondary N) is 1. The molecule has 0 atom stereocenters. The van der Waals surface area contributed by atoms with Gasteiger partial charge in [0.2, 0.25) is 5.95 Å². The van der Waals surface area contributed by atoms with Crippen LogP contribution < -0.4 is 5.73 Å². The van der Waals surface area contributed by atoms with Gasteiger partial charge in [0.15, 0.2) is 0 Å². The first-order chi connectivity index (χ1) is 10.6. The molecule has 0 fully saturated rings. The molecule has 6 heteroatoms. The van der Waals surface area contributed by atoms with E-state index >= 15 is 0 Å². The number of nitrogens with two attached hydrogens (primary N) is 1. The lowest BCUT2D eigenvalue weighted by Crippen LogP contribution is -2.14. The molecule has 114 valence electrons. The Bertz CT molecular complexity index is 777. The van der Waals surface area contributed by atoms with Crippen LogP contribution in [0.1, 0.15) is 12.1 Å². The van der Waals surface area contributed by atoms with E-state index in [0.29, 0.717) is 5.95 Å². The molecule has 3 N–H and O–H groups in total. The van der Waals surface area contributed by atoms with Crippen molar-refractivity contribution in [3.8, 4) is 11.3 Å². The molecule has 22 heavy (non-hydrogen) atoms. The van der Waals surface area contributed by atoms with Crippen molar-refractivity contribution in [3.63, 3.8) is 0 Å². The highest BCUT2D eigenvalue weighted by Crippen LogP contribution is 2.26. The minimum absolute atomic E-state index is 0.315. The first-order valence-electron chi connectivity index (χ1n) is 7.34. The topological polar surface area (TPSA) is 83.7 Å². The van der Waals surface area contributed by atoms with Gasteiger partial charge in [0.25, 0.3) is 0 Å². The Morgan fingerprint density at radius 1 is 1.27 bits per heavy atom. The van der Waals surface area contributed by atoms with Crippen molar-refractivity contribution in [2.45, 2.75) is 12.8 Å². The summed E-state index contributed by atoms with van der Waals surface area (Å²) in [5, 5.41) is 1.04. The summed E-state index contributed by atoms with van der Waals surface area (Å²) in [6.45, 7) is 1.02. The number of anilines is 1. The quantitative estimate of drug-likeness (QED) is 0.753. The van der Waals surface area contributed by atoms with Gasteiger partial charge in [-0.3, -0.25) is 0 Å². The van der Waals surface area contributed by atoms with Crippen LogP contribution in [0.5, 0.6) is 0 Å². The maximum Gasteiger partial charge on any atom is 0.220 e. The molecule has 3 aromatic heterocycles. The molecule has 0 bridgehead atoms. The van der Waals surface area contributed by atoms with Crippen LogP contribution >= 0.6 is 0 Å². The number of hydrogen-bond donors (Lipinski definition) is 2. The smallest absolute Gasteiger partial charge is 0.220 e. The van der Waals surface area contributed by atoms with E-state index in [2.05, 4.69) is 38.9 Å². The molecule has 0 aliphatic rings. The van der Waals surface area contributed by atoms with Crippen molar-refractivity contribution in [2.75, 3.05) is 26.4 Å². The van der Waals surface area contributed by atoms with E-state index < -0.39 is 0 Å². The van der Waals surface area contributed by atoms with Crippen molar-refractivity contribution >= 4 is 17.0 Å². The number of fused-ring (bicyclic) bond motifs is 1. The maximum absolute atomic E-state index is 5.88. The summed E-state index contributed by atoms with van der Waals surface area (Å²) in [6.07, 6.45) is 5.61. The van der Waals surface area contributed by atoms with Crippen LogP contribution in [0.3, 0.4) is 0 Å². The Hall–Kier alpha value is -2.47. The van der Waals surface area contributed by atoms with Crippen LogP contribution in [0.15, 0.2) is 30.6 Å². The van der Waals surface area contributed by atoms with Gasteiger partial charge in [0.05, 0.1) is 5.69 Å². The largest absolute Gasteiger partial charge is 0.368 e. The van der Waals surface area contributed by atoms with Gasteiger partial charge in [-0.1, -0.05) is 0 Å². The van der Waals surface area contributed by atoms with Crippen LogP contribution in [-0.2, 0) is 6.42 Å².